The van der Waals surface area contributed by atoms with Gasteiger partial charge in [-0.2, -0.15) is 0 Å². The normalized spacial score (nSPS) is 17.9. The number of sulfonamides is 1. The van der Waals surface area contributed by atoms with E-state index in [0.717, 1.165) is 22.9 Å². The number of benzene rings is 2. The van der Waals surface area contributed by atoms with Crippen LogP contribution in [0.25, 0.3) is 0 Å². The summed E-state index contributed by atoms with van der Waals surface area (Å²) in [5.74, 6) is 0.142. The van der Waals surface area contributed by atoms with E-state index in [4.69, 9.17) is 4.74 Å². The van der Waals surface area contributed by atoms with Crippen molar-refractivity contribution in [2.24, 2.45) is 0 Å². The molecule has 0 fully saturated rings. The van der Waals surface area contributed by atoms with Gasteiger partial charge in [0.15, 0.2) is 6.10 Å². The average Bonchev–Trinajstić information content (AvgIpc) is 2.83. The number of carbonyl (C=O) groups excluding carboxylic acids is 1. The van der Waals surface area contributed by atoms with Crippen molar-refractivity contribution in [3.63, 3.8) is 0 Å². The monoisotopic (exact) mass is 402 g/mol. The average molecular weight is 403 g/mol. The highest BCUT2D eigenvalue weighted by Crippen LogP contribution is 2.34. The molecule has 0 radical (unpaired) electrons. The van der Waals surface area contributed by atoms with E-state index >= 15 is 0 Å². The Labute approximate surface area is 166 Å². The van der Waals surface area contributed by atoms with Crippen LogP contribution in [-0.4, -0.2) is 33.2 Å². The molecule has 2 aromatic rings. The van der Waals surface area contributed by atoms with E-state index in [1.807, 2.05) is 32.9 Å². The molecule has 0 aromatic heterocycles. The molecule has 1 aliphatic heterocycles. The molecule has 1 N–H and O–H groups in total. The summed E-state index contributed by atoms with van der Waals surface area (Å²) in [5.41, 5.74) is 3.75. The fraction of sp³-hybridized carbons (Fsp3) is 0.381. The van der Waals surface area contributed by atoms with Crippen LogP contribution in [0.1, 0.15) is 36.1 Å². The molecule has 0 spiro atoms. The molecule has 3 rings (SSSR count). The molecule has 0 aliphatic carbocycles. The first-order chi connectivity index (χ1) is 13.2. The zero-order valence-corrected chi connectivity index (χ0v) is 17.4. The molecule has 1 heterocycles. The van der Waals surface area contributed by atoms with Crippen molar-refractivity contribution in [2.45, 2.75) is 39.3 Å². The van der Waals surface area contributed by atoms with Gasteiger partial charge in [0, 0.05) is 13.0 Å². The molecule has 0 saturated heterocycles. The minimum Gasteiger partial charge on any atom is -0.478 e. The lowest BCUT2D eigenvalue weighted by atomic mass is 10.00. The number of aryl methyl sites for hydroxylation is 2. The lowest BCUT2D eigenvalue weighted by molar-refractivity contribution is -0.128. The van der Waals surface area contributed by atoms with Crippen LogP contribution < -0.4 is 14.4 Å². The largest absolute Gasteiger partial charge is 0.478 e. The number of para-hydroxylation sites is 2. The van der Waals surface area contributed by atoms with Gasteiger partial charge in [-0.1, -0.05) is 35.9 Å². The number of nitrogens with zero attached hydrogens (tertiary/aromatic N) is 1. The van der Waals surface area contributed by atoms with Gasteiger partial charge in [0.1, 0.15) is 5.75 Å². The Hall–Kier alpha value is -2.54. The van der Waals surface area contributed by atoms with Gasteiger partial charge in [0.25, 0.3) is 5.91 Å². The molecular formula is C21H26N2O4S. The van der Waals surface area contributed by atoms with Crippen molar-refractivity contribution in [2.75, 3.05) is 17.1 Å². The molecule has 7 heteroatoms. The van der Waals surface area contributed by atoms with Crippen LogP contribution >= 0.6 is 0 Å². The lowest BCUT2D eigenvalue weighted by Gasteiger charge is -2.21. The van der Waals surface area contributed by atoms with Gasteiger partial charge in [0.05, 0.1) is 18.0 Å². The van der Waals surface area contributed by atoms with Crippen molar-refractivity contribution < 1.29 is 17.9 Å². The summed E-state index contributed by atoms with van der Waals surface area (Å²) in [6.07, 6.45) is 0.667. The molecule has 2 aromatic carbocycles. The maximum Gasteiger partial charge on any atom is 0.261 e. The number of hydrogen-bond acceptors (Lipinski definition) is 4. The van der Waals surface area contributed by atoms with E-state index in [9.17, 15) is 13.2 Å². The summed E-state index contributed by atoms with van der Waals surface area (Å²) in [6.45, 7) is 6.15. The molecular weight excluding hydrogens is 376 g/mol. The number of hydrogen-bond donors (Lipinski definition) is 1. The predicted octanol–water partition coefficient (Wildman–Crippen LogP) is 3.10. The Bertz CT molecular complexity index is 988. The van der Waals surface area contributed by atoms with Crippen molar-refractivity contribution >= 4 is 21.6 Å². The Kier molecular flexibility index (Phi) is 5.65. The smallest absolute Gasteiger partial charge is 0.261 e. The van der Waals surface area contributed by atoms with E-state index in [0.29, 0.717) is 11.4 Å². The topological polar surface area (TPSA) is 75.7 Å². The predicted molar refractivity (Wildman–Crippen MR) is 110 cm³/mol. The lowest BCUT2D eigenvalue weighted by Crippen LogP contribution is -2.41. The third kappa shape index (κ3) is 4.30. The first-order valence-corrected chi connectivity index (χ1v) is 11.1. The maximum atomic E-state index is 12.9. The standard InChI is InChI=1S/C21H26N2O4S/c1-14-9-10-15(2)17(13-14)16(3)22-21(24)20-11-12-23(28(4,25)26)18-7-5-6-8-19(18)27-20/h5-10,13,16,20H,11-12H2,1-4H3,(H,22,24)/t16-,20-/m1/s1. The minimum absolute atomic E-state index is 0.180. The summed E-state index contributed by atoms with van der Waals surface area (Å²) in [4.78, 5) is 12.9. The SMILES string of the molecule is Cc1ccc(C)c([C@@H](C)NC(=O)[C@H]2CCN(S(C)(=O)=O)c3ccccc3O2)c1. The second-order valence-corrected chi connectivity index (χ2v) is 9.20. The number of fused-ring (bicyclic) bond motifs is 1. The molecule has 2 atom stereocenters. The van der Waals surface area contributed by atoms with Crippen LogP contribution in [0.15, 0.2) is 42.5 Å². The Morgan fingerprint density at radius 1 is 1.21 bits per heavy atom. The molecule has 0 bridgehead atoms. The fourth-order valence-electron chi connectivity index (χ4n) is 3.47. The van der Waals surface area contributed by atoms with Crippen molar-refractivity contribution in [3.8, 4) is 5.75 Å². The molecule has 150 valence electrons. The van der Waals surface area contributed by atoms with Gasteiger partial charge >= 0.3 is 0 Å². The maximum absolute atomic E-state index is 12.9. The second kappa shape index (κ2) is 7.83. The highest BCUT2D eigenvalue weighted by atomic mass is 32.2. The fourth-order valence-corrected chi connectivity index (χ4v) is 4.41. The first-order valence-electron chi connectivity index (χ1n) is 9.27. The third-order valence-electron chi connectivity index (χ3n) is 4.95. The molecule has 1 amide bonds. The van der Waals surface area contributed by atoms with E-state index in [1.165, 1.54) is 4.31 Å². The summed E-state index contributed by atoms with van der Waals surface area (Å²) in [6, 6.07) is 12.9. The van der Waals surface area contributed by atoms with E-state index in [2.05, 4.69) is 11.4 Å². The molecule has 0 saturated carbocycles. The Morgan fingerprint density at radius 3 is 2.64 bits per heavy atom. The summed E-state index contributed by atoms with van der Waals surface area (Å²) < 4.78 is 31.6. The second-order valence-electron chi connectivity index (χ2n) is 7.29. The van der Waals surface area contributed by atoms with Crippen LogP contribution in [0.5, 0.6) is 5.75 Å². The Balaban J connectivity index is 1.81. The zero-order chi connectivity index (χ0) is 20.5. The van der Waals surface area contributed by atoms with E-state index < -0.39 is 16.1 Å². The number of carbonyl (C=O) groups is 1. The highest BCUT2D eigenvalue weighted by Gasteiger charge is 2.31. The quantitative estimate of drug-likeness (QED) is 0.853. The van der Waals surface area contributed by atoms with E-state index in [1.54, 1.807) is 24.3 Å². The number of amides is 1. The van der Waals surface area contributed by atoms with Crippen LogP contribution in [0.4, 0.5) is 5.69 Å². The first kappa shape index (κ1) is 20.2. The van der Waals surface area contributed by atoms with Gasteiger partial charge in [-0.05, 0) is 44.0 Å². The van der Waals surface area contributed by atoms with E-state index in [-0.39, 0.29) is 24.9 Å². The van der Waals surface area contributed by atoms with Gasteiger partial charge in [0.2, 0.25) is 10.0 Å². The van der Waals surface area contributed by atoms with Gasteiger partial charge < -0.3 is 10.1 Å². The summed E-state index contributed by atoms with van der Waals surface area (Å²) in [5, 5.41) is 3.01. The molecule has 0 unspecified atom stereocenters. The van der Waals surface area contributed by atoms with Gasteiger partial charge in [-0.25, -0.2) is 8.42 Å². The van der Waals surface area contributed by atoms with Gasteiger partial charge in [-0.3, -0.25) is 9.10 Å². The van der Waals surface area contributed by atoms with Crippen LogP contribution in [-0.2, 0) is 14.8 Å². The number of ether oxygens (including phenoxy) is 1. The van der Waals surface area contributed by atoms with Crippen molar-refractivity contribution in [3.05, 3.63) is 59.2 Å². The summed E-state index contributed by atoms with van der Waals surface area (Å²) in [7, 11) is -3.47. The van der Waals surface area contributed by atoms with Crippen LogP contribution in [0.3, 0.4) is 0 Å². The molecule has 6 nitrogen and oxygen atoms in total. The third-order valence-corrected chi connectivity index (χ3v) is 6.13. The Morgan fingerprint density at radius 2 is 1.93 bits per heavy atom. The number of nitrogens with one attached hydrogen (secondary N) is 1. The molecule has 1 aliphatic rings. The highest BCUT2D eigenvalue weighted by molar-refractivity contribution is 7.92. The minimum atomic E-state index is -3.47. The number of anilines is 1. The van der Waals surface area contributed by atoms with Crippen LogP contribution in [0, 0.1) is 13.8 Å². The number of rotatable bonds is 4. The van der Waals surface area contributed by atoms with Crippen LogP contribution in [0.2, 0.25) is 0 Å². The van der Waals surface area contributed by atoms with Crippen molar-refractivity contribution in [1.29, 1.82) is 0 Å². The zero-order valence-electron chi connectivity index (χ0n) is 16.6. The molecule has 28 heavy (non-hydrogen) atoms. The van der Waals surface area contributed by atoms with Crippen molar-refractivity contribution in [1.82, 2.24) is 5.32 Å². The summed E-state index contributed by atoms with van der Waals surface area (Å²) >= 11 is 0. The van der Waals surface area contributed by atoms with Gasteiger partial charge in [-0.15, -0.1) is 0 Å².